The number of ether oxygens (including phenoxy) is 1. The zero-order chi connectivity index (χ0) is 16.4. The summed E-state index contributed by atoms with van der Waals surface area (Å²) in [6, 6.07) is 8.48. The van der Waals surface area contributed by atoms with Gasteiger partial charge in [-0.05, 0) is 40.2 Å². The summed E-state index contributed by atoms with van der Waals surface area (Å²) in [5.74, 6) is 0. The predicted octanol–water partition coefficient (Wildman–Crippen LogP) is 3.80. The van der Waals surface area contributed by atoms with Crippen LogP contribution in [0.1, 0.15) is 0 Å². The zero-order valence-electron chi connectivity index (χ0n) is 12.0. The van der Waals surface area contributed by atoms with Crippen LogP contribution in [0.3, 0.4) is 0 Å². The van der Waals surface area contributed by atoms with E-state index in [4.69, 9.17) is 16.3 Å². The second-order valence-electron chi connectivity index (χ2n) is 4.90. The third kappa shape index (κ3) is 3.83. The van der Waals surface area contributed by atoms with Crippen LogP contribution in [0.5, 0.6) is 0 Å². The van der Waals surface area contributed by atoms with Crippen LogP contribution in [0, 0.1) is 0 Å². The highest BCUT2D eigenvalue weighted by Gasteiger charge is 2.22. The molecule has 1 aromatic heterocycles. The molecule has 2 heterocycles. The van der Waals surface area contributed by atoms with Crippen molar-refractivity contribution in [1.82, 2.24) is 0 Å². The van der Waals surface area contributed by atoms with Gasteiger partial charge in [0.25, 0.3) is 10.0 Å². The number of benzene rings is 1. The minimum absolute atomic E-state index is 0.247. The molecular weight excluding hydrogens is 424 g/mol. The molecule has 0 amide bonds. The number of sulfonamides is 1. The van der Waals surface area contributed by atoms with Crippen LogP contribution in [-0.2, 0) is 14.8 Å². The molecule has 2 aromatic rings. The standard InChI is InChI=1S/C14H14BrClN2O3S2/c15-12-4-5-13(22-12)23(19,20)17-11-3-1-2-10(16)14(11)18-6-8-21-9-7-18/h1-5,17H,6-9H2. The van der Waals surface area contributed by atoms with E-state index < -0.39 is 10.0 Å². The molecule has 0 atom stereocenters. The summed E-state index contributed by atoms with van der Waals surface area (Å²) in [4.78, 5) is 2.04. The van der Waals surface area contributed by atoms with Crippen molar-refractivity contribution < 1.29 is 13.2 Å². The Kier molecular flexibility index (Phi) is 5.17. The summed E-state index contributed by atoms with van der Waals surface area (Å²) >= 11 is 10.8. The molecule has 1 saturated heterocycles. The van der Waals surface area contributed by atoms with Crippen LogP contribution in [0.2, 0.25) is 5.02 Å². The van der Waals surface area contributed by atoms with Crippen molar-refractivity contribution in [2.45, 2.75) is 4.21 Å². The average Bonchev–Trinajstić information content (AvgIpc) is 2.95. The first-order chi connectivity index (χ1) is 11.0. The molecule has 9 heteroatoms. The molecular formula is C14H14BrClN2O3S2. The summed E-state index contributed by atoms with van der Waals surface area (Å²) in [6.45, 7) is 2.52. The third-order valence-corrected chi connectivity index (χ3v) is 7.16. The Balaban J connectivity index is 1.95. The number of thiophene rings is 1. The number of hydrogen-bond donors (Lipinski definition) is 1. The van der Waals surface area contributed by atoms with Crippen molar-refractivity contribution >= 4 is 60.3 Å². The molecule has 0 spiro atoms. The van der Waals surface area contributed by atoms with Gasteiger partial charge in [0.05, 0.1) is 33.4 Å². The van der Waals surface area contributed by atoms with E-state index in [1.807, 2.05) is 4.90 Å². The van der Waals surface area contributed by atoms with E-state index >= 15 is 0 Å². The van der Waals surface area contributed by atoms with E-state index in [0.717, 1.165) is 15.1 Å². The molecule has 1 N–H and O–H groups in total. The fourth-order valence-corrected chi connectivity index (χ4v) is 5.71. The van der Waals surface area contributed by atoms with Crippen molar-refractivity contribution in [3.05, 3.63) is 39.1 Å². The Morgan fingerprint density at radius 3 is 2.61 bits per heavy atom. The molecule has 124 valence electrons. The monoisotopic (exact) mass is 436 g/mol. The van der Waals surface area contributed by atoms with Crippen LogP contribution in [0.15, 0.2) is 38.3 Å². The summed E-state index contributed by atoms with van der Waals surface area (Å²) in [5.41, 5.74) is 1.17. The number of halogens is 2. The minimum atomic E-state index is -3.65. The molecule has 5 nitrogen and oxygen atoms in total. The van der Waals surface area contributed by atoms with E-state index in [9.17, 15) is 8.42 Å². The van der Waals surface area contributed by atoms with Crippen LogP contribution >= 0.6 is 38.9 Å². The fourth-order valence-electron chi connectivity index (χ4n) is 2.34. The molecule has 0 radical (unpaired) electrons. The molecule has 0 saturated carbocycles. The van der Waals surface area contributed by atoms with Crippen LogP contribution in [-0.4, -0.2) is 34.7 Å². The molecule has 23 heavy (non-hydrogen) atoms. The van der Waals surface area contributed by atoms with E-state index in [1.54, 1.807) is 30.3 Å². The number of nitrogens with one attached hydrogen (secondary N) is 1. The van der Waals surface area contributed by atoms with Gasteiger partial charge in [-0.25, -0.2) is 8.42 Å². The van der Waals surface area contributed by atoms with Gasteiger partial charge in [-0.3, -0.25) is 4.72 Å². The predicted molar refractivity (Wildman–Crippen MR) is 97.3 cm³/mol. The molecule has 3 rings (SSSR count). The number of hydrogen-bond acceptors (Lipinski definition) is 5. The molecule has 0 unspecified atom stereocenters. The van der Waals surface area contributed by atoms with Gasteiger partial charge in [-0.2, -0.15) is 0 Å². The van der Waals surface area contributed by atoms with E-state index in [1.165, 1.54) is 0 Å². The third-order valence-electron chi connectivity index (χ3n) is 3.37. The Bertz CT molecular complexity index is 804. The lowest BCUT2D eigenvalue weighted by atomic mass is 10.2. The summed E-state index contributed by atoms with van der Waals surface area (Å²) in [7, 11) is -3.65. The molecule has 0 aliphatic carbocycles. The van der Waals surface area contributed by atoms with Crippen LogP contribution in [0.4, 0.5) is 11.4 Å². The molecule has 1 aromatic carbocycles. The van der Waals surface area contributed by atoms with Gasteiger partial charge in [0.1, 0.15) is 4.21 Å². The highest BCUT2D eigenvalue weighted by Crippen LogP contribution is 2.36. The van der Waals surface area contributed by atoms with Gasteiger partial charge < -0.3 is 9.64 Å². The first kappa shape index (κ1) is 17.0. The maximum atomic E-state index is 12.6. The lowest BCUT2D eigenvalue weighted by Gasteiger charge is -2.31. The minimum Gasteiger partial charge on any atom is -0.378 e. The average molecular weight is 438 g/mol. The largest absolute Gasteiger partial charge is 0.378 e. The summed E-state index contributed by atoms with van der Waals surface area (Å²) in [6.07, 6.45) is 0. The van der Waals surface area contributed by atoms with Gasteiger partial charge in [0.15, 0.2) is 0 Å². The van der Waals surface area contributed by atoms with Crippen LogP contribution in [0.25, 0.3) is 0 Å². The summed E-state index contributed by atoms with van der Waals surface area (Å²) in [5, 5.41) is 0.513. The van der Waals surface area contributed by atoms with Crippen molar-refractivity contribution in [1.29, 1.82) is 0 Å². The molecule has 1 fully saturated rings. The van der Waals surface area contributed by atoms with Crippen molar-refractivity contribution in [2.24, 2.45) is 0 Å². The van der Waals surface area contributed by atoms with Gasteiger partial charge in [0, 0.05) is 13.1 Å². The number of morpholine rings is 1. The van der Waals surface area contributed by atoms with Crippen molar-refractivity contribution in [3.63, 3.8) is 0 Å². The number of anilines is 2. The zero-order valence-corrected chi connectivity index (χ0v) is 15.9. The fraction of sp³-hybridized carbons (Fsp3) is 0.286. The smallest absolute Gasteiger partial charge is 0.271 e. The van der Waals surface area contributed by atoms with Gasteiger partial charge >= 0.3 is 0 Å². The Morgan fingerprint density at radius 2 is 1.96 bits per heavy atom. The molecule has 1 aliphatic heterocycles. The quantitative estimate of drug-likeness (QED) is 0.790. The van der Waals surface area contributed by atoms with Gasteiger partial charge in [-0.15, -0.1) is 11.3 Å². The highest BCUT2D eigenvalue weighted by molar-refractivity contribution is 9.11. The summed E-state index contributed by atoms with van der Waals surface area (Å²) < 4.78 is 34.1. The van der Waals surface area contributed by atoms with E-state index in [-0.39, 0.29) is 4.21 Å². The molecule has 1 aliphatic rings. The lowest BCUT2D eigenvalue weighted by Crippen LogP contribution is -2.37. The van der Waals surface area contributed by atoms with Crippen molar-refractivity contribution in [3.8, 4) is 0 Å². The maximum absolute atomic E-state index is 12.6. The highest BCUT2D eigenvalue weighted by atomic mass is 79.9. The first-order valence-electron chi connectivity index (χ1n) is 6.87. The Morgan fingerprint density at radius 1 is 1.22 bits per heavy atom. The first-order valence-corrected chi connectivity index (χ1v) is 10.3. The topological polar surface area (TPSA) is 58.6 Å². The number of rotatable bonds is 4. The number of nitrogens with zero attached hydrogens (tertiary/aromatic N) is 1. The Labute approximate surface area is 152 Å². The van der Waals surface area contributed by atoms with Crippen LogP contribution < -0.4 is 9.62 Å². The lowest BCUT2D eigenvalue weighted by molar-refractivity contribution is 0.123. The second kappa shape index (κ2) is 6.98. The SMILES string of the molecule is O=S(=O)(Nc1cccc(Cl)c1N1CCOCC1)c1ccc(Br)s1. The second-order valence-corrected chi connectivity index (χ2v) is 9.68. The number of para-hydroxylation sites is 1. The van der Waals surface area contributed by atoms with E-state index in [0.29, 0.717) is 42.7 Å². The maximum Gasteiger partial charge on any atom is 0.271 e. The Hall–Kier alpha value is -0.800. The molecule has 0 bridgehead atoms. The van der Waals surface area contributed by atoms with Crippen molar-refractivity contribution in [2.75, 3.05) is 35.9 Å². The normalized spacial score (nSPS) is 15.7. The van der Waals surface area contributed by atoms with Gasteiger partial charge in [0.2, 0.25) is 0 Å². The van der Waals surface area contributed by atoms with Gasteiger partial charge in [-0.1, -0.05) is 17.7 Å². The van der Waals surface area contributed by atoms with E-state index in [2.05, 4.69) is 20.7 Å².